The minimum atomic E-state index is -0.0154. The third-order valence-corrected chi connectivity index (χ3v) is 3.55. The Kier molecular flexibility index (Phi) is 8.81. The minimum Gasteiger partial charge on any atom is -0.494 e. The molecule has 1 amide bonds. The van der Waals surface area contributed by atoms with Gasteiger partial charge in [-0.15, -0.1) is 0 Å². The smallest absolute Gasteiger partial charge is 0.243 e. The number of hydrogen-bond acceptors (Lipinski definition) is 3. The number of amides is 1. The molecular weight excluding hydrogens is 316 g/mol. The predicted molar refractivity (Wildman–Crippen MR) is 103 cm³/mol. The molecule has 25 heavy (non-hydrogen) atoms. The van der Waals surface area contributed by atoms with Gasteiger partial charge in [-0.3, -0.25) is 4.79 Å². The quantitative estimate of drug-likeness (QED) is 0.578. The number of nitrogens with zero attached hydrogens (tertiary/aromatic N) is 3. The van der Waals surface area contributed by atoms with Crippen molar-refractivity contribution in [2.45, 2.75) is 27.3 Å². The highest BCUT2D eigenvalue weighted by molar-refractivity contribution is 5.84. The summed E-state index contributed by atoms with van der Waals surface area (Å²) in [5.74, 6) is 2.09. The van der Waals surface area contributed by atoms with Crippen molar-refractivity contribution in [1.82, 2.24) is 15.1 Å². The summed E-state index contributed by atoms with van der Waals surface area (Å²) in [5.41, 5.74) is 1.16. The molecule has 0 unspecified atom stereocenters. The van der Waals surface area contributed by atoms with Crippen LogP contribution in [-0.4, -0.2) is 62.5 Å². The molecule has 1 N–H and O–H groups in total. The lowest BCUT2D eigenvalue weighted by Crippen LogP contribution is -2.41. The van der Waals surface area contributed by atoms with Gasteiger partial charge in [-0.05, 0) is 30.5 Å². The van der Waals surface area contributed by atoms with E-state index in [1.807, 2.05) is 43.1 Å². The second-order valence-electron chi connectivity index (χ2n) is 6.64. The van der Waals surface area contributed by atoms with Gasteiger partial charge in [0.25, 0.3) is 0 Å². The Bertz CT molecular complexity index is 553. The van der Waals surface area contributed by atoms with Crippen molar-refractivity contribution in [3.05, 3.63) is 29.8 Å². The average Bonchev–Trinajstić information content (AvgIpc) is 2.56. The van der Waals surface area contributed by atoms with Crippen molar-refractivity contribution < 1.29 is 9.53 Å². The SMILES string of the molecule is CCOc1ccc(CN(C)C(=NCC(=O)N(C)C)NCC(C)C)cc1. The molecule has 1 rings (SSSR count). The lowest BCUT2D eigenvalue weighted by Gasteiger charge is -2.23. The number of likely N-dealkylation sites (N-methyl/N-ethyl adjacent to an activating group) is 1. The molecule has 0 aromatic heterocycles. The fraction of sp³-hybridized carbons (Fsp3) is 0.579. The molecule has 0 saturated carbocycles. The Morgan fingerprint density at radius 3 is 2.36 bits per heavy atom. The largest absolute Gasteiger partial charge is 0.494 e. The molecule has 0 radical (unpaired) electrons. The highest BCUT2D eigenvalue weighted by Crippen LogP contribution is 2.13. The van der Waals surface area contributed by atoms with E-state index in [-0.39, 0.29) is 12.5 Å². The van der Waals surface area contributed by atoms with Crippen LogP contribution in [0.4, 0.5) is 0 Å². The van der Waals surface area contributed by atoms with Gasteiger partial charge in [0, 0.05) is 34.2 Å². The lowest BCUT2D eigenvalue weighted by atomic mass is 10.2. The van der Waals surface area contributed by atoms with Gasteiger partial charge in [0.05, 0.1) is 6.61 Å². The molecule has 1 aromatic carbocycles. The Balaban J connectivity index is 2.77. The number of rotatable bonds is 8. The third kappa shape index (κ3) is 7.92. The molecule has 1 aromatic rings. The topological polar surface area (TPSA) is 57.2 Å². The molecule has 0 aliphatic carbocycles. The standard InChI is InChI=1S/C19H32N4O2/c1-7-25-17-10-8-16(9-11-17)14-23(6)19(20-12-15(2)3)21-13-18(24)22(4)5/h8-11,15H,7,12-14H2,1-6H3,(H,20,21). The van der Waals surface area contributed by atoms with Crippen LogP contribution in [-0.2, 0) is 11.3 Å². The van der Waals surface area contributed by atoms with Gasteiger partial charge in [-0.1, -0.05) is 26.0 Å². The van der Waals surface area contributed by atoms with Gasteiger partial charge < -0.3 is 19.9 Å². The zero-order valence-electron chi connectivity index (χ0n) is 16.4. The number of hydrogen-bond donors (Lipinski definition) is 1. The molecule has 0 spiro atoms. The minimum absolute atomic E-state index is 0.0154. The summed E-state index contributed by atoms with van der Waals surface area (Å²) in [6, 6.07) is 8.04. The van der Waals surface area contributed by atoms with Gasteiger partial charge in [-0.25, -0.2) is 4.99 Å². The number of carbonyl (C=O) groups is 1. The van der Waals surface area contributed by atoms with Gasteiger partial charge in [0.2, 0.25) is 5.91 Å². The first-order valence-corrected chi connectivity index (χ1v) is 8.74. The summed E-state index contributed by atoms with van der Waals surface area (Å²) in [7, 11) is 5.45. The van der Waals surface area contributed by atoms with E-state index < -0.39 is 0 Å². The molecule has 140 valence electrons. The summed E-state index contributed by atoms with van der Waals surface area (Å²) in [4.78, 5) is 19.9. The zero-order valence-corrected chi connectivity index (χ0v) is 16.4. The van der Waals surface area contributed by atoms with Crippen molar-refractivity contribution in [3.8, 4) is 5.75 Å². The summed E-state index contributed by atoms with van der Waals surface area (Å²) < 4.78 is 5.47. The number of carbonyl (C=O) groups excluding carboxylic acids is 1. The Morgan fingerprint density at radius 1 is 1.20 bits per heavy atom. The van der Waals surface area contributed by atoms with Crippen LogP contribution in [0, 0.1) is 5.92 Å². The second kappa shape index (κ2) is 10.6. The van der Waals surface area contributed by atoms with Gasteiger partial charge in [0.15, 0.2) is 5.96 Å². The average molecular weight is 348 g/mol. The molecule has 0 bridgehead atoms. The van der Waals surface area contributed by atoms with Crippen LogP contribution >= 0.6 is 0 Å². The molecule has 0 aliphatic heterocycles. The number of benzene rings is 1. The van der Waals surface area contributed by atoms with Gasteiger partial charge in [0.1, 0.15) is 12.3 Å². The highest BCUT2D eigenvalue weighted by Gasteiger charge is 2.10. The van der Waals surface area contributed by atoms with E-state index in [0.717, 1.165) is 23.8 Å². The fourth-order valence-corrected chi connectivity index (χ4v) is 2.10. The maximum Gasteiger partial charge on any atom is 0.243 e. The maximum absolute atomic E-state index is 11.8. The summed E-state index contributed by atoms with van der Waals surface area (Å²) >= 11 is 0. The van der Waals surface area contributed by atoms with E-state index in [2.05, 4.69) is 24.2 Å². The van der Waals surface area contributed by atoms with Crippen molar-refractivity contribution in [3.63, 3.8) is 0 Å². The van der Waals surface area contributed by atoms with E-state index in [9.17, 15) is 4.79 Å². The molecule has 0 atom stereocenters. The van der Waals surface area contributed by atoms with Crippen LogP contribution in [0.3, 0.4) is 0 Å². The van der Waals surface area contributed by atoms with Crippen LogP contribution in [0.5, 0.6) is 5.75 Å². The van der Waals surface area contributed by atoms with Crippen molar-refractivity contribution in [2.24, 2.45) is 10.9 Å². The Morgan fingerprint density at radius 2 is 1.84 bits per heavy atom. The molecule has 0 saturated heterocycles. The Labute approximate surface area is 151 Å². The first-order valence-electron chi connectivity index (χ1n) is 8.74. The molecule has 6 heteroatoms. The van der Waals surface area contributed by atoms with E-state index in [4.69, 9.17) is 4.74 Å². The van der Waals surface area contributed by atoms with Gasteiger partial charge >= 0.3 is 0 Å². The molecule has 0 heterocycles. The van der Waals surface area contributed by atoms with E-state index >= 15 is 0 Å². The summed E-state index contributed by atoms with van der Waals surface area (Å²) in [6.07, 6.45) is 0. The highest BCUT2D eigenvalue weighted by atomic mass is 16.5. The van der Waals surface area contributed by atoms with Crippen molar-refractivity contribution in [2.75, 3.05) is 40.8 Å². The van der Waals surface area contributed by atoms with Crippen LogP contribution in [0.15, 0.2) is 29.3 Å². The molecule has 6 nitrogen and oxygen atoms in total. The predicted octanol–water partition coefficient (Wildman–Crippen LogP) is 2.21. The monoisotopic (exact) mass is 348 g/mol. The second-order valence-corrected chi connectivity index (χ2v) is 6.64. The number of ether oxygens (including phenoxy) is 1. The van der Waals surface area contributed by atoms with Crippen LogP contribution < -0.4 is 10.1 Å². The van der Waals surface area contributed by atoms with E-state index in [0.29, 0.717) is 19.1 Å². The molecule has 0 fully saturated rings. The third-order valence-electron chi connectivity index (χ3n) is 3.55. The van der Waals surface area contributed by atoms with E-state index in [1.54, 1.807) is 19.0 Å². The van der Waals surface area contributed by atoms with Crippen molar-refractivity contribution >= 4 is 11.9 Å². The first kappa shape index (κ1) is 20.8. The molecule has 0 aliphatic rings. The number of guanidine groups is 1. The first-order chi connectivity index (χ1) is 11.8. The normalized spacial score (nSPS) is 11.4. The summed E-state index contributed by atoms with van der Waals surface area (Å²) in [5, 5.41) is 3.35. The zero-order chi connectivity index (χ0) is 18.8. The van der Waals surface area contributed by atoms with E-state index in [1.165, 1.54) is 0 Å². The Hall–Kier alpha value is -2.24. The van der Waals surface area contributed by atoms with Crippen LogP contribution in [0.2, 0.25) is 0 Å². The number of aliphatic imine (C=N–C) groups is 1. The lowest BCUT2D eigenvalue weighted by molar-refractivity contribution is -0.127. The van der Waals surface area contributed by atoms with Crippen LogP contribution in [0.1, 0.15) is 26.3 Å². The van der Waals surface area contributed by atoms with Crippen molar-refractivity contribution in [1.29, 1.82) is 0 Å². The number of nitrogens with one attached hydrogen (secondary N) is 1. The van der Waals surface area contributed by atoms with Gasteiger partial charge in [-0.2, -0.15) is 0 Å². The summed E-state index contributed by atoms with van der Waals surface area (Å²) in [6.45, 7) is 8.56. The fourth-order valence-electron chi connectivity index (χ4n) is 2.10. The molecular formula is C19H32N4O2. The van der Waals surface area contributed by atoms with Crippen LogP contribution in [0.25, 0.3) is 0 Å². The maximum atomic E-state index is 11.8.